The van der Waals surface area contributed by atoms with Crippen molar-refractivity contribution in [1.82, 2.24) is 20.2 Å². The molecule has 1 unspecified atom stereocenters. The Hall–Kier alpha value is -4.07. The van der Waals surface area contributed by atoms with Gasteiger partial charge in [-0.2, -0.15) is 0 Å². The molecule has 30 heavy (non-hydrogen) atoms. The number of nitrogens with one attached hydrogen (secondary N) is 2. The summed E-state index contributed by atoms with van der Waals surface area (Å²) in [5.41, 5.74) is 4.44. The Morgan fingerprint density at radius 1 is 1.00 bits per heavy atom. The van der Waals surface area contributed by atoms with Crippen LogP contribution in [0.25, 0.3) is 0 Å². The minimum Gasteiger partial charge on any atom is -0.508 e. The van der Waals surface area contributed by atoms with Gasteiger partial charge in [-0.1, -0.05) is 12.1 Å². The molecule has 0 amide bonds. The lowest BCUT2D eigenvalue weighted by atomic mass is 9.84. The molecule has 0 saturated carbocycles. The monoisotopic (exact) mass is 401 g/mol. The molecule has 4 aromatic rings. The molecule has 0 radical (unpaired) electrons. The number of nitrogens with zero attached hydrogens (tertiary/aromatic N) is 3. The third-order valence-corrected chi connectivity index (χ3v) is 5.16. The third kappa shape index (κ3) is 2.98. The van der Waals surface area contributed by atoms with Crippen LogP contribution in [0, 0.1) is 6.92 Å². The number of aromatic hydroxyl groups is 1. The van der Waals surface area contributed by atoms with E-state index in [4.69, 9.17) is 9.47 Å². The van der Waals surface area contributed by atoms with Crippen molar-refractivity contribution < 1.29 is 14.6 Å². The van der Waals surface area contributed by atoms with Crippen molar-refractivity contribution in [2.45, 2.75) is 12.8 Å². The van der Waals surface area contributed by atoms with Gasteiger partial charge in [-0.15, -0.1) is 5.10 Å². The summed E-state index contributed by atoms with van der Waals surface area (Å²) in [7, 11) is 1.63. The fraction of sp³-hybridized carbons (Fsp3) is 0.136. The Bertz CT molecular complexity index is 1200. The maximum atomic E-state index is 9.76. The van der Waals surface area contributed by atoms with Gasteiger partial charge in [0.15, 0.2) is 0 Å². The molecule has 2 aromatic carbocycles. The van der Waals surface area contributed by atoms with Gasteiger partial charge in [0.1, 0.15) is 23.6 Å². The van der Waals surface area contributed by atoms with E-state index in [-0.39, 0.29) is 11.7 Å². The molecule has 0 saturated heterocycles. The number of fused-ring (bicyclic) bond motifs is 2. The SMILES string of the molecule is COc1ccc(Nc2ncnc3c2C(c2ccc(O)cc2)c2c(n[nH]c2C)O3)cc1. The Morgan fingerprint density at radius 3 is 2.50 bits per heavy atom. The van der Waals surface area contributed by atoms with Crippen LogP contribution in [0.1, 0.15) is 28.3 Å². The molecule has 5 rings (SSSR count). The first-order chi connectivity index (χ1) is 14.6. The van der Waals surface area contributed by atoms with E-state index in [1.165, 1.54) is 6.33 Å². The van der Waals surface area contributed by atoms with Crippen LogP contribution >= 0.6 is 0 Å². The molecule has 0 fully saturated rings. The van der Waals surface area contributed by atoms with E-state index in [0.717, 1.165) is 33.8 Å². The summed E-state index contributed by atoms with van der Waals surface area (Å²) in [6.07, 6.45) is 1.46. The molecule has 8 heteroatoms. The average molecular weight is 401 g/mol. The van der Waals surface area contributed by atoms with E-state index in [1.807, 2.05) is 43.3 Å². The summed E-state index contributed by atoms with van der Waals surface area (Å²) in [5, 5.41) is 20.4. The average Bonchev–Trinajstić information content (AvgIpc) is 3.14. The normalized spacial score (nSPS) is 14.4. The minimum absolute atomic E-state index is 0.205. The number of rotatable bonds is 4. The number of aryl methyl sites for hydroxylation is 1. The third-order valence-electron chi connectivity index (χ3n) is 5.16. The van der Waals surface area contributed by atoms with E-state index in [9.17, 15) is 5.11 Å². The first kappa shape index (κ1) is 18.0. The molecule has 1 atom stereocenters. The number of phenolic OH excluding ortho intramolecular Hbond substituents is 1. The van der Waals surface area contributed by atoms with Crippen molar-refractivity contribution in [3.63, 3.8) is 0 Å². The van der Waals surface area contributed by atoms with Crippen LogP contribution in [-0.4, -0.2) is 32.4 Å². The predicted molar refractivity (Wildman–Crippen MR) is 111 cm³/mol. The summed E-state index contributed by atoms with van der Waals surface area (Å²) in [6.45, 7) is 1.95. The van der Waals surface area contributed by atoms with Gasteiger partial charge >= 0.3 is 0 Å². The zero-order chi connectivity index (χ0) is 20.7. The number of H-pyrrole nitrogens is 1. The van der Waals surface area contributed by atoms with Gasteiger partial charge in [-0.3, -0.25) is 5.10 Å². The quantitative estimate of drug-likeness (QED) is 0.413. The fourth-order valence-electron chi connectivity index (χ4n) is 3.70. The predicted octanol–water partition coefficient (Wildman–Crippen LogP) is 4.25. The lowest BCUT2D eigenvalue weighted by Gasteiger charge is -2.27. The highest BCUT2D eigenvalue weighted by molar-refractivity contribution is 5.68. The number of methoxy groups -OCH3 is 1. The topological polar surface area (TPSA) is 105 Å². The van der Waals surface area contributed by atoms with Crippen LogP contribution in [0.2, 0.25) is 0 Å². The Morgan fingerprint density at radius 2 is 1.77 bits per heavy atom. The lowest BCUT2D eigenvalue weighted by molar-refractivity contribution is 0.414. The Kier molecular flexibility index (Phi) is 4.24. The van der Waals surface area contributed by atoms with Crippen molar-refractivity contribution in [3.8, 4) is 23.3 Å². The van der Waals surface area contributed by atoms with Crippen LogP contribution in [-0.2, 0) is 0 Å². The molecule has 0 aliphatic carbocycles. The molecule has 0 bridgehead atoms. The van der Waals surface area contributed by atoms with E-state index >= 15 is 0 Å². The number of hydrogen-bond acceptors (Lipinski definition) is 7. The first-order valence-electron chi connectivity index (χ1n) is 9.41. The fourth-order valence-corrected chi connectivity index (χ4v) is 3.70. The minimum atomic E-state index is -0.218. The molecule has 3 heterocycles. The number of ether oxygens (including phenoxy) is 2. The largest absolute Gasteiger partial charge is 0.508 e. The van der Waals surface area contributed by atoms with Crippen LogP contribution in [0.3, 0.4) is 0 Å². The molecule has 2 aromatic heterocycles. The highest BCUT2D eigenvalue weighted by Crippen LogP contribution is 2.49. The van der Waals surface area contributed by atoms with Gasteiger partial charge in [0.25, 0.3) is 0 Å². The maximum absolute atomic E-state index is 9.76. The van der Waals surface area contributed by atoms with Crippen LogP contribution in [0.5, 0.6) is 23.3 Å². The number of hydrogen-bond donors (Lipinski definition) is 3. The Balaban J connectivity index is 1.65. The highest BCUT2D eigenvalue weighted by Gasteiger charge is 2.36. The zero-order valence-electron chi connectivity index (χ0n) is 16.4. The van der Waals surface area contributed by atoms with Gasteiger partial charge < -0.3 is 19.9 Å². The van der Waals surface area contributed by atoms with E-state index in [2.05, 4.69) is 25.5 Å². The smallest absolute Gasteiger partial charge is 0.244 e. The van der Waals surface area contributed by atoms with Crippen molar-refractivity contribution in [3.05, 3.63) is 77.2 Å². The summed E-state index contributed by atoms with van der Waals surface area (Å²) in [6, 6.07) is 14.7. The van der Waals surface area contributed by atoms with E-state index < -0.39 is 0 Å². The van der Waals surface area contributed by atoms with Gasteiger partial charge in [0.2, 0.25) is 11.8 Å². The second-order valence-electron chi connectivity index (χ2n) is 6.99. The molecule has 1 aliphatic heterocycles. The van der Waals surface area contributed by atoms with Crippen molar-refractivity contribution >= 4 is 11.5 Å². The number of aromatic amines is 1. The molecule has 1 aliphatic rings. The molecule has 0 spiro atoms. The summed E-state index contributed by atoms with van der Waals surface area (Å²) in [4.78, 5) is 8.85. The van der Waals surface area contributed by atoms with Crippen LogP contribution in [0.4, 0.5) is 11.5 Å². The van der Waals surface area contributed by atoms with Gasteiger partial charge in [0, 0.05) is 16.9 Å². The zero-order valence-corrected chi connectivity index (χ0v) is 16.4. The number of benzene rings is 2. The molecule has 8 nitrogen and oxygen atoms in total. The van der Waals surface area contributed by atoms with Crippen molar-refractivity contribution in [1.29, 1.82) is 0 Å². The maximum Gasteiger partial charge on any atom is 0.244 e. The summed E-state index contributed by atoms with van der Waals surface area (Å²) < 4.78 is 11.2. The van der Waals surface area contributed by atoms with Gasteiger partial charge in [-0.25, -0.2) is 9.97 Å². The molecule has 3 N–H and O–H groups in total. The first-order valence-corrected chi connectivity index (χ1v) is 9.41. The van der Waals surface area contributed by atoms with E-state index in [1.54, 1.807) is 19.2 Å². The molecule has 150 valence electrons. The second kappa shape index (κ2) is 7.07. The van der Waals surface area contributed by atoms with Crippen LogP contribution in [0.15, 0.2) is 54.9 Å². The standard InChI is InChI=1S/C22H19N5O3/c1-12-17-18(13-3-7-15(28)8-4-13)19-20(25-14-5-9-16(29-2)10-6-14)23-11-24-21(19)30-22(17)27-26-12/h3-11,18,28H,1-2H3,(H,26,27)(H,23,24,25). The molecular formula is C22H19N5O3. The van der Waals surface area contributed by atoms with E-state index in [0.29, 0.717) is 17.6 Å². The number of phenols is 1. The second-order valence-corrected chi connectivity index (χ2v) is 6.99. The summed E-state index contributed by atoms with van der Waals surface area (Å²) >= 11 is 0. The van der Waals surface area contributed by atoms with Crippen molar-refractivity contribution in [2.24, 2.45) is 0 Å². The Labute approximate surface area is 172 Å². The summed E-state index contributed by atoms with van der Waals surface area (Å²) in [5.74, 6) is 2.33. The number of anilines is 2. The van der Waals surface area contributed by atoms with Crippen molar-refractivity contribution in [2.75, 3.05) is 12.4 Å². The van der Waals surface area contributed by atoms with Gasteiger partial charge in [0.05, 0.1) is 18.6 Å². The lowest BCUT2D eigenvalue weighted by Crippen LogP contribution is -2.15. The van der Waals surface area contributed by atoms with Crippen LogP contribution < -0.4 is 14.8 Å². The van der Waals surface area contributed by atoms with Gasteiger partial charge in [-0.05, 0) is 48.9 Å². The molecular weight excluding hydrogens is 382 g/mol. The number of aromatic nitrogens is 4. The highest BCUT2D eigenvalue weighted by atomic mass is 16.5.